The van der Waals surface area contributed by atoms with Crippen LogP contribution in [0.4, 0.5) is 9.18 Å². The monoisotopic (exact) mass is 308 g/mol. The fourth-order valence-electron chi connectivity index (χ4n) is 2.11. The number of aryl methyl sites for hydroxylation is 1. The number of urea groups is 1. The Morgan fingerprint density at radius 2 is 2.05 bits per heavy atom. The van der Waals surface area contributed by atoms with Crippen LogP contribution in [0.3, 0.4) is 0 Å². The predicted molar refractivity (Wildman–Crippen MR) is 75.4 cm³/mol. The molecule has 3 amide bonds. The van der Waals surface area contributed by atoms with E-state index in [2.05, 4.69) is 5.32 Å². The van der Waals surface area contributed by atoms with Gasteiger partial charge in [-0.05, 0) is 31.0 Å². The van der Waals surface area contributed by atoms with Gasteiger partial charge in [0.25, 0.3) is 5.91 Å². The third kappa shape index (κ3) is 4.03. The molecule has 1 fully saturated rings. The largest absolute Gasteiger partial charge is 0.453 e. The summed E-state index contributed by atoms with van der Waals surface area (Å²) in [6.45, 7) is 2.11. The van der Waals surface area contributed by atoms with Gasteiger partial charge in [-0.25, -0.2) is 9.18 Å². The lowest BCUT2D eigenvalue weighted by molar-refractivity contribution is -0.157. The number of benzene rings is 1. The summed E-state index contributed by atoms with van der Waals surface area (Å²) in [6, 6.07) is 5.34. The molecule has 1 saturated heterocycles. The molecular formula is C15H17FN2O4. The molecule has 0 radical (unpaired) electrons. The number of rotatable bonds is 5. The highest BCUT2D eigenvalue weighted by Gasteiger charge is 2.31. The van der Waals surface area contributed by atoms with Gasteiger partial charge in [-0.1, -0.05) is 12.1 Å². The molecule has 0 aliphatic carbocycles. The average molecular weight is 308 g/mol. The first-order valence-electron chi connectivity index (χ1n) is 7.00. The summed E-state index contributed by atoms with van der Waals surface area (Å²) >= 11 is 0. The number of nitrogens with zero attached hydrogens (tertiary/aromatic N) is 1. The maximum Gasteiger partial charge on any atom is 0.324 e. The number of carbonyl (C=O) groups is 3. The molecule has 1 aliphatic heterocycles. The Kier molecular flexibility index (Phi) is 5.08. The van der Waals surface area contributed by atoms with Crippen molar-refractivity contribution in [2.24, 2.45) is 0 Å². The Hall–Kier alpha value is -2.44. The van der Waals surface area contributed by atoms with Crippen molar-refractivity contribution in [2.75, 3.05) is 13.1 Å². The van der Waals surface area contributed by atoms with E-state index in [1.807, 2.05) is 0 Å². The fraction of sp³-hybridized carbons (Fsp3) is 0.400. The van der Waals surface area contributed by atoms with Crippen LogP contribution in [0, 0.1) is 5.82 Å². The second kappa shape index (κ2) is 7.02. The number of imide groups is 1. The van der Waals surface area contributed by atoms with E-state index in [-0.39, 0.29) is 18.8 Å². The van der Waals surface area contributed by atoms with E-state index in [9.17, 15) is 18.8 Å². The van der Waals surface area contributed by atoms with Gasteiger partial charge >= 0.3 is 12.0 Å². The van der Waals surface area contributed by atoms with Crippen molar-refractivity contribution in [2.45, 2.75) is 25.9 Å². The molecule has 22 heavy (non-hydrogen) atoms. The molecule has 1 aromatic carbocycles. The first-order chi connectivity index (χ1) is 10.5. The average Bonchev–Trinajstić information content (AvgIpc) is 2.92. The minimum atomic E-state index is -1.01. The van der Waals surface area contributed by atoms with Crippen LogP contribution < -0.4 is 5.32 Å². The zero-order valence-corrected chi connectivity index (χ0v) is 12.2. The van der Waals surface area contributed by atoms with E-state index in [1.165, 1.54) is 19.1 Å². The summed E-state index contributed by atoms with van der Waals surface area (Å²) in [6.07, 6.45) is -0.538. The molecule has 0 unspecified atom stereocenters. The summed E-state index contributed by atoms with van der Waals surface area (Å²) in [5.41, 5.74) is 0.802. The quantitative estimate of drug-likeness (QED) is 0.831. The molecule has 0 aromatic heterocycles. The summed E-state index contributed by atoms with van der Waals surface area (Å²) in [5.74, 6) is -1.41. The maximum atomic E-state index is 12.8. The van der Waals surface area contributed by atoms with Crippen LogP contribution in [0.25, 0.3) is 0 Å². The van der Waals surface area contributed by atoms with Crippen LogP contribution in [-0.4, -0.2) is 42.0 Å². The second-order valence-electron chi connectivity index (χ2n) is 4.98. The van der Waals surface area contributed by atoms with Crippen LogP contribution in [-0.2, 0) is 20.7 Å². The van der Waals surface area contributed by atoms with Crippen LogP contribution in [0.15, 0.2) is 24.3 Å². The minimum absolute atomic E-state index is 0.0788. The molecule has 0 saturated carbocycles. The first kappa shape index (κ1) is 15.9. The zero-order valence-electron chi connectivity index (χ0n) is 12.2. The van der Waals surface area contributed by atoms with Crippen molar-refractivity contribution < 1.29 is 23.5 Å². The summed E-state index contributed by atoms with van der Waals surface area (Å²) in [7, 11) is 0. The van der Waals surface area contributed by atoms with Crippen LogP contribution >= 0.6 is 0 Å². The Morgan fingerprint density at radius 1 is 1.36 bits per heavy atom. The standard InChI is InChI=1S/C15H17FN2O4/c1-10(14(20)18-9-8-17-15(18)21)22-13(19)7-4-11-2-5-12(16)6-3-11/h2-3,5-6,10H,4,7-9H2,1H3,(H,17,21)/t10-/m1/s1. The van der Waals surface area contributed by atoms with Gasteiger partial charge in [0.15, 0.2) is 6.10 Å². The first-order valence-corrected chi connectivity index (χ1v) is 7.00. The van der Waals surface area contributed by atoms with Crippen molar-refractivity contribution in [3.8, 4) is 0 Å². The van der Waals surface area contributed by atoms with Crippen molar-refractivity contribution in [1.29, 1.82) is 0 Å². The highest BCUT2D eigenvalue weighted by molar-refractivity contribution is 5.98. The van der Waals surface area contributed by atoms with Gasteiger partial charge < -0.3 is 10.1 Å². The third-order valence-corrected chi connectivity index (χ3v) is 3.31. The van der Waals surface area contributed by atoms with E-state index >= 15 is 0 Å². The predicted octanol–water partition coefficient (Wildman–Crippen LogP) is 1.24. The molecule has 1 aromatic rings. The molecule has 7 heteroatoms. The lowest BCUT2D eigenvalue weighted by atomic mass is 10.1. The molecule has 6 nitrogen and oxygen atoms in total. The number of halogens is 1. The molecule has 1 atom stereocenters. The third-order valence-electron chi connectivity index (χ3n) is 3.31. The number of nitrogens with one attached hydrogen (secondary N) is 1. The van der Waals surface area contributed by atoms with Gasteiger partial charge in [0.05, 0.1) is 0 Å². The van der Waals surface area contributed by atoms with Gasteiger partial charge in [-0.15, -0.1) is 0 Å². The normalized spacial score (nSPS) is 15.4. The number of carbonyl (C=O) groups excluding carboxylic acids is 3. The van der Waals surface area contributed by atoms with Gasteiger partial charge in [-0.3, -0.25) is 14.5 Å². The summed E-state index contributed by atoms with van der Waals surface area (Å²) in [5, 5.41) is 2.50. The van der Waals surface area contributed by atoms with Crippen molar-refractivity contribution in [1.82, 2.24) is 10.2 Å². The Labute approximate surface area is 127 Å². The lowest BCUT2D eigenvalue weighted by Gasteiger charge is -2.18. The van der Waals surface area contributed by atoms with Gasteiger partial charge in [0.1, 0.15) is 5.82 Å². The van der Waals surface area contributed by atoms with Crippen LogP contribution in [0.1, 0.15) is 18.9 Å². The van der Waals surface area contributed by atoms with E-state index < -0.39 is 24.0 Å². The van der Waals surface area contributed by atoms with E-state index in [0.29, 0.717) is 13.0 Å². The minimum Gasteiger partial charge on any atom is -0.453 e. The second-order valence-corrected chi connectivity index (χ2v) is 4.98. The van der Waals surface area contributed by atoms with Crippen LogP contribution in [0.2, 0.25) is 0 Å². The fourth-order valence-corrected chi connectivity index (χ4v) is 2.11. The van der Waals surface area contributed by atoms with Crippen molar-refractivity contribution >= 4 is 17.9 Å². The Balaban J connectivity index is 1.79. The van der Waals surface area contributed by atoms with Crippen LogP contribution in [0.5, 0.6) is 0 Å². The van der Waals surface area contributed by atoms with Gasteiger partial charge in [-0.2, -0.15) is 0 Å². The molecule has 1 heterocycles. The Bertz CT molecular complexity index is 573. The molecular weight excluding hydrogens is 291 g/mol. The topological polar surface area (TPSA) is 75.7 Å². The van der Waals surface area contributed by atoms with Crippen molar-refractivity contribution in [3.63, 3.8) is 0 Å². The number of hydrogen-bond donors (Lipinski definition) is 1. The molecule has 0 spiro atoms. The number of amides is 3. The van der Waals surface area contributed by atoms with E-state index in [4.69, 9.17) is 4.74 Å². The maximum absolute atomic E-state index is 12.8. The highest BCUT2D eigenvalue weighted by atomic mass is 19.1. The Morgan fingerprint density at radius 3 is 2.64 bits per heavy atom. The molecule has 0 bridgehead atoms. The summed E-state index contributed by atoms with van der Waals surface area (Å²) in [4.78, 5) is 36.1. The summed E-state index contributed by atoms with van der Waals surface area (Å²) < 4.78 is 17.8. The highest BCUT2D eigenvalue weighted by Crippen LogP contribution is 2.08. The molecule has 2 rings (SSSR count). The van der Waals surface area contributed by atoms with E-state index in [1.54, 1.807) is 12.1 Å². The molecule has 118 valence electrons. The van der Waals surface area contributed by atoms with E-state index in [0.717, 1.165) is 10.5 Å². The smallest absolute Gasteiger partial charge is 0.324 e. The molecule has 1 N–H and O–H groups in total. The number of ether oxygens (including phenoxy) is 1. The van der Waals surface area contributed by atoms with Gasteiger partial charge in [0, 0.05) is 19.5 Å². The zero-order chi connectivity index (χ0) is 16.1. The number of hydrogen-bond acceptors (Lipinski definition) is 4. The SMILES string of the molecule is C[C@@H](OC(=O)CCc1ccc(F)cc1)C(=O)N1CCNC1=O. The number of esters is 1. The van der Waals surface area contributed by atoms with Crippen molar-refractivity contribution in [3.05, 3.63) is 35.6 Å². The van der Waals surface area contributed by atoms with Gasteiger partial charge in [0.2, 0.25) is 0 Å². The molecule has 1 aliphatic rings. The lowest BCUT2D eigenvalue weighted by Crippen LogP contribution is -2.41.